The number of carbonyl (C=O) groups is 1. The van der Waals surface area contributed by atoms with Gasteiger partial charge in [-0.05, 0) is 48.7 Å². The highest BCUT2D eigenvalue weighted by Crippen LogP contribution is 2.21. The maximum absolute atomic E-state index is 12.5. The Morgan fingerprint density at radius 3 is 2.50 bits per heavy atom. The van der Waals surface area contributed by atoms with E-state index in [-0.39, 0.29) is 5.78 Å². The van der Waals surface area contributed by atoms with E-state index in [1.807, 2.05) is 43.3 Å². The van der Waals surface area contributed by atoms with Gasteiger partial charge in [0.1, 0.15) is 5.75 Å². The van der Waals surface area contributed by atoms with Gasteiger partial charge in [-0.3, -0.25) is 4.79 Å². The first kappa shape index (κ1) is 14.3. The van der Waals surface area contributed by atoms with Crippen LogP contribution >= 0.6 is 0 Å². The van der Waals surface area contributed by atoms with Crippen LogP contribution in [0.1, 0.15) is 40.4 Å². The maximum Gasteiger partial charge on any atom is 0.193 e. The minimum absolute atomic E-state index is 0.0636. The molecular formula is C18H20O2. The van der Waals surface area contributed by atoms with Crippen molar-refractivity contribution in [3.8, 4) is 5.75 Å². The molecule has 0 saturated heterocycles. The van der Waals surface area contributed by atoms with Crippen molar-refractivity contribution in [2.24, 2.45) is 0 Å². The van der Waals surface area contributed by atoms with Crippen LogP contribution in [0.4, 0.5) is 0 Å². The van der Waals surface area contributed by atoms with Gasteiger partial charge in [0.05, 0.1) is 7.11 Å². The van der Waals surface area contributed by atoms with Gasteiger partial charge in [-0.2, -0.15) is 0 Å². The number of ether oxygens (including phenoxy) is 1. The van der Waals surface area contributed by atoms with E-state index in [4.69, 9.17) is 4.74 Å². The van der Waals surface area contributed by atoms with Crippen molar-refractivity contribution in [2.75, 3.05) is 7.11 Å². The highest BCUT2D eigenvalue weighted by molar-refractivity contribution is 6.09. The lowest BCUT2D eigenvalue weighted by Gasteiger charge is -2.08. The topological polar surface area (TPSA) is 26.3 Å². The molecule has 0 aliphatic heterocycles. The highest BCUT2D eigenvalue weighted by Gasteiger charge is 2.11. The molecule has 104 valence electrons. The van der Waals surface area contributed by atoms with Gasteiger partial charge in [-0.1, -0.05) is 31.5 Å². The van der Waals surface area contributed by atoms with Gasteiger partial charge in [0, 0.05) is 11.1 Å². The Labute approximate surface area is 120 Å². The lowest BCUT2D eigenvalue weighted by Crippen LogP contribution is -2.03. The fourth-order valence-corrected chi connectivity index (χ4v) is 2.34. The van der Waals surface area contributed by atoms with Crippen molar-refractivity contribution in [2.45, 2.75) is 26.7 Å². The van der Waals surface area contributed by atoms with Gasteiger partial charge in [-0.25, -0.2) is 0 Å². The molecule has 0 saturated carbocycles. The van der Waals surface area contributed by atoms with Crippen molar-refractivity contribution in [3.63, 3.8) is 0 Å². The summed E-state index contributed by atoms with van der Waals surface area (Å²) in [6.07, 6.45) is 2.09. The summed E-state index contributed by atoms with van der Waals surface area (Å²) in [5.74, 6) is 0.870. The molecule has 0 aliphatic carbocycles. The Morgan fingerprint density at radius 2 is 1.85 bits per heavy atom. The first-order chi connectivity index (χ1) is 9.65. The monoisotopic (exact) mass is 268 g/mol. The second kappa shape index (κ2) is 6.38. The van der Waals surface area contributed by atoms with Gasteiger partial charge in [-0.15, -0.1) is 0 Å². The molecule has 0 atom stereocenters. The number of ketones is 1. The smallest absolute Gasteiger partial charge is 0.193 e. The minimum atomic E-state index is 0.0636. The van der Waals surface area contributed by atoms with Gasteiger partial charge in [0.25, 0.3) is 0 Å². The van der Waals surface area contributed by atoms with E-state index >= 15 is 0 Å². The number of carbonyl (C=O) groups excluding carboxylic acids is 1. The largest absolute Gasteiger partial charge is 0.496 e. The molecule has 0 N–H and O–H groups in total. The van der Waals surface area contributed by atoms with Crippen molar-refractivity contribution in [1.29, 1.82) is 0 Å². The maximum atomic E-state index is 12.5. The molecule has 0 aliphatic rings. The van der Waals surface area contributed by atoms with Crippen LogP contribution in [-0.2, 0) is 6.42 Å². The summed E-state index contributed by atoms with van der Waals surface area (Å²) in [4.78, 5) is 12.5. The zero-order valence-electron chi connectivity index (χ0n) is 12.3. The first-order valence-corrected chi connectivity index (χ1v) is 6.94. The standard InChI is InChI=1S/C18H20O2/c1-4-6-14-7-5-8-15(12-14)18(19)16-9-10-17(20-3)13(2)11-16/h5,7-12H,4,6H2,1-3H3. The number of hydrogen-bond acceptors (Lipinski definition) is 2. The van der Waals surface area contributed by atoms with E-state index in [1.165, 1.54) is 5.56 Å². The van der Waals surface area contributed by atoms with Crippen molar-refractivity contribution in [1.82, 2.24) is 0 Å². The van der Waals surface area contributed by atoms with E-state index in [0.717, 1.165) is 29.7 Å². The molecule has 2 nitrogen and oxygen atoms in total. The normalized spacial score (nSPS) is 10.3. The molecule has 0 spiro atoms. The molecule has 0 heterocycles. The van der Waals surface area contributed by atoms with Crippen LogP contribution in [0.25, 0.3) is 0 Å². The van der Waals surface area contributed by atoms with Crippen molar-refractivity contribution >= 4 is 5.78 Å². The third-order valence-corrected chi connectivity index (χ3v) is 3.38. The quantitative estimate of drug-likeness (QED) is 0.760. The van der Waals surface area contributed by atoms with E-state index in [0.29, 0.717) is 5.56 Å². The van der Waals surface area contributed by atoms with E-state index in [2.05, 4.69) is 13.0 Å². The summed E-state index contributed by atoms with van der Waals surface area (Å²) in [6, 6.07) is 13.4. The fourth-order valence-electron chi connectivity index (χ4n) is 2.34. The third-order valence-electron chi connectivity index (χ3n) is 3.38. The summed E-state index contributed by atoms with van der Waals surface area (Å²) in [7, 11) is 1.64. The van der Waals surface area contributed by atoms with Crippen LogP contribution in [0.2, 0.25) is 0 Å². The van der Waals surface area contributed by atoms with E-state index < -0.39 is 0 Å². The molecule has 2 heteroatoms. The van der Waals surface area contributed by atoms with Crippen molar-refractivity contribution < 1.29 is 9.53 Å². The average molecular weight is 268 g/mol. The molecule has 0 aromatic heterocycles. The lowest BCUT2D eigenvalue weighted by molar-refractivity contribution is 0.103. The van der Waals surface area contributed by atoms with Gasteiger partial charge < -0.3 is 4.74 Å². The molecule has 20 heavy (non-hydrogen) atoms. The zero-order chi connectivity index (χ0) is 14.5. The predicted molar refractivity (Wildman–Crippen MR) is 81.6 cm³/mol. The summed E-state index contributed by atoms with van der Waals surface area (Å²) in [6.45, 7) is 4.09. The van der Waals surface area contributed by atoms with Crippen LogP contribution in [0.15, 0.2) is 42.5 Å². The van der Waals surface area contributed by atoms with Gasteiger partial charge in [0.15, 0.2) is 5.78 Å². The number of rotatable bonds is 5. The molecule has 0 bridgehead atoms. The van der Waals surface area contributed by atoms with Crippen molar-refractivity contribution in [3.05, 3.63) is 64.7 Å². The number of methoxy groups -OCH3 is 1. The predicted octanol–water partition coefficient (Wildman–Crippen LogP) is 4.19. The summed E-state index contributed by atoms with van der Waals surface area (Å²) in [5, 5.41) is 0. The number of hydrogen-bond donors (Lipinski definition) is 0. The molecule has 2 aromatic carbocycles. The highest BCUT2D eigenvalue weighted by atomic mass is 16.5. The van der Waals surface area contributed by atoms with E-state index in [9.17, 15) is 4.79 Å². The summed E-state index contributed by atoms with van der Waals surface area (Å²) < 4.78 is 5.23. The molecule has 0 amide bonds. The van der Waals surface area contributed by atoms with E-state index in [1.54, 1.807) is 7.11 Å². The Hall–Kier alpha value is -2.09. The lowest BCUT2D eigenvalue weighted by atomic mass is 9.98. The second-order valence-corrected chi connectivity index (χ2v) is 4.96. The molecule has 2 rings (SSSR count). The molecule has 0 unspecified atom stereocenters. The Morgan fingerprint density at radius 1 is 1.10 bits per heavy atom. The van der Waals surface area contributed by atoms with Gasteiger partial charge in [0.2, 0.25) is 0 Å². The van der Waals surface area contributed by atoms with Crippen LogP contribution < -0.4 is 4.74 Å². The first-order valence-electron chi connectivity index (χ1n) is 6.94. The molecule has 2 aromatic rings. The molecule has 0 fully saturated rings. The number of benzene rings is 2. The number of aryl methyl sites for hydroxylation is 2. The average Bonchev–Trinajstić information content (AvgIpc) is 2.47. The Balaban J connectivity index is 2.31. The van der Waals surface area contributed by atoms with Crippen LogP contribution in [-0.4, -0.2) is 12.9 Å². The molecular weight excluding hydrogens is 248 g/mol. The van der Waals surface area contributed by atoms with Gasteiger partial charge >= 0.3 is 0 Å². The van der Waals surface area contributed by atoms with Crippen LogP contribution in [0, 0.1) is 6.92 Å². The van der Waals surface area contributed by atoms with Crippen LogP contribution in [0.5, 0.6) is 5.75 Å². The summed E-state index contributed by atoms with van der Waals surface area (Å²) >= 11 is 0. The third kappa shape index (κ3) is 3.08. The Bertz CT molecular complexity index is 615. The SMILES string of the molecule is CCCc1cccc(C(=O)c2ccc(OC)c(C)c2)c1. The zero-order valence-corrected chi connectivity index (χ0v) is 12.3. The minimum Gasteiger partial charge on any atom is -0.496 e. The Kier molecular flexibility index (Phi) is 4.57. The van der Waals surface area contributed by atoms with Crippen LogP contribution in [0.3, 0.4) is 0 Å². The fraction of sp³-hybridized carbons (Fsp3) is 0.278. The summed E-state index contributed by atoms with van der Waals surface area (Å²) in [5.41, 5.74) is 3.64. The molecule has 0 radical (unpaired) electrons. The second-order valence-electron chi connectivity index (χ2n) is 4.96.